The van der Waals surface area contributed by atoms with E-state index in [4.69, 9.17) is 9.84 Å². The van der Waals surface area contributed by atoms with Gasteiger partial charge >= 0.3 is 5.97 Å². The van der Waals surface area contributed by atoms with Crippen molar-refractivity contribution < 1.29 is 19.6 Å². The first kappa shape index (κ1) is 13.5. The SMILES string of the molecule is COc1ccc([N+](=O)[O-])cc1-n1nc(C(=O)O)cc1C. The molecule has 0 saturated heterocycles. The minimum Gasteiger partial charge on any atom is -0.494 e. The fraction of sp³-hybridized carbons (Fsp3) is 0.167. The minimum atomic E-state index is -1.17. The van der Waals surface area contributed by atoms with Crippen LogP contribution in [0.15, 0.2) is 24.3 Å². The molecule has 0 radical (unpaired) electrons. The smallest absolute Gasteiger partial charge is 0.356 e. The van der Waals surface area contributed by atoms with Crippen LogP contribution >= 0.6 is 0 Å². The highest BCUT2D eigenvalue weighted by Crippen LogP contribution is 2.28. The first-order valence-corrected chi connectivity index (χ1v) is 5.57. The second-order valence-corrected chi connectivity index (χ2v) is 4.00. The number of ether oxygens (including phenoxy) is 1. The molecule has 0 saturated carbocycles. The van der Waals surface area contributed by atoms with Gasteiger partial charge in [-0.1, -0.05) is 0 Å². The topological polar surface area (TPSA) is 107 Å². The molecule has 20 heavy (non-hydrogen) atoms. The summed E-state index contributed by atoms with van der Waals surface area (Å²) in [5, 5.41) is 23.7. The van der Waals surface area contributed by atoms with Crippen LogP contribution in [0, 0.1) is 17.0 Å². The Kier molecular flexibility index (Phi) is 3.38. The van der Waals surface area contributed by atoms with Crippen molar-refractivity contribution >= 4 is 11.7 Å². The number of methoxy groups -OCH3 is 1. The summed E-state index contributed by atoms with van der Waals surface area (Å²) in [6.07, 6.45) is 0. The highest BCUT2D eigenvalue weighted by Gasteiger charge is 2.17. The Labute approximate surface area is 113 Å². The molecule has 0 atom stereocenters. The molecular weight excluding hydrogens is 266 g/mol. The number of aromatic carboxylic acids is 1. The summed E-state index contributed by atoms with van der Waals surface area (Å²) in [5.74, 6) is -0.810. The molecule has 1 heterocycles. The van der Waals surface area contributed by atoms with E-state index in [1.54, 1.807) is 6.92 Å². The maximum Gasteiger partial charge on any atom is 0.356 e. The number of hydrogen-bond donors (Lipinski definition) is 1. The number of nitro groups is 1. The average Bonchev–Trinajstić information content (AvgIpc) is 2.80. The Morgan fingerprint density at radius 3 is 2.65 bits per heavy atom. The number of nitrogens with zero attached hydrogens (tertiary/aromatic N) is 3. The fourth-order valence-electron chi connectivity index (χ4n) is 1.78. The Hall–Kier alpha value is -2.90. The van der Waals surface area contributed by atoms with Gasteiger partial charge in [-0.25, -0.2) is 9.48 Å². The van der Waals surface area contributed by atoms with Crippen LogP contribution in [-0.2, 0) is 0 Å². The van der Waals surface area contributed by atoms with Crippen LogP contribution in [0.3, 0.4) is 0 Å². The first-order valence-electron chi connectivity index (χ1n) is 5.57. The Morgan fingerprint density at radius 1 is 1.45 bits per heavy atom. The van der Waals surface area contributed by atoms with Gasteiger partial charge in [0.25, 0.3) is 5.69 Å². The maximum absolute atomic E-state index is 10.9. The zero-order chi connectivity index (χ0) is 14.9. The van der Waals surface area contributed by atoms with Crippen molar-refractivity contribution in [3.63, 3.8) is 0 Å². The van der Waals surface area contributed by atoms with Crippen molar-refractivity contribution in [2.24, 2.45) is 0 Å². The zero-order valence-corrected chi connectivity index (χ0v) is 10.7. The first-order chi connectivity index (χ1) is 9.43. The summed E-state index contributed by atoms with van der Waals surface area (Å²) in [6.45, 7) is 1.65. The molecule has 2 aromatic rings. The summed E-state index contributed by atoms with van der Waals surface area (Å²) in [6, 6.07) is 5.40. The van der Waals surface area contributed by atoms with Crippen LogP contribution in [0.4, 0.5) is 5.69 Å². The molecule has 104 valence electrons. The van der Waals surface area contributed by atoms with Gasteiger partial charge in [-0.05, 0) is 19.1 Å². The summed E-state index contributed by atoms with van der Waals surface area (Å²) >= 11 is 0. The number of aryl methyl sites for hydroxylation is 1. The summed E-state index contributed by atoms with van der Waals surface area (Å²) in [7, 11) is 1.42. The van der Waals surface area contributed by atoms with Gasteiger partial charge in [-0.15, -0.1) is 0 Å². The third-order valence-electron chi connectivity index (χ3n) is 2.71. The van der Waals surface area contributed by atoms with Crippen LogP contribution in [0.25, 0.3) is 5.69 Å². The van der Waals surface area contributed by atoms with E-state index < -0.39 is 10.9 Å². The van der Waals surface area contributed by atoms with Gasteiger partial charge in [-0.3, -0.25) is 10.1 Å². The molecule has 0 spiro atoms. The molecule has 2 rings (SSSR count). The Morgan fingerprint density at radius 2 is 2.15 bits per heavy atom. The van der Waals surface area contributed by atoms with E-state index in [2.05, 4.69) is 5.10 Å². The van der Waals surface area contributed by atoms with E-state index in [0.717, 1.165) is 0 Å². The Bertz CT molecular complexity index is 692. The van der Waals surface area contributed by atoms with Gasteiger partial charge in [0.05, 0.1) is 12.0 Å². The van der Waals surface area contributed by atoms with E-state index in [1.165, 1.54) is 36.1 Å². The molecule has 0 unspecified atom stereocenters. The van der Waals surface area contributed by atoms with Gasteiger partial charge in [0.15, 0.2) is 5.69 Å². The molecule has 1 N–H and O–H groups in total. The highest BCUT2D eigenvalue weighted by molar-refractivity contribution is 5.85. The van der Waals surface area contributed by atoms with E-state index >= 15 is 0 Å². The lowest BCUT2D eigenvalue weighted by atomic mass is 10.2. The van der Waals surface area contributed by atoms with Crippen molar-refractivity contribution in [3.8, 4) is 11.4 Å². The quantitative estimate of drug-likeness (QED) is 0.674. The van der Waals surface area contributed by atoms with E-state index in [-0.39, 0.29) is 11.4 Å². The lowest BCUT2D eigenvalue weighted by molar-refractivity contribution is -0.384. The predicted molar refractivity (Wildman–Crippen MR) is 68.5 cm³/mol. The number of rotatable bonds is 4. The second kappa shape index (κ2) is 5.00. The van der Waals surface area contributed by atoms with Gasteiger partial charge < -0.3 is 9.84 Å². The molecule has 0 aliphatic carbocycles. The minimum absolute atomic E-state index is 0.132. The van der Waals surface area contributed by atoms with Crippen molar-refractivity contribution in [2.45, 2.75) is 6.92 Å². The second-order valence-electron chi connectivity index (χ2n) is 4.00. The maximum atomic E-state index is 10.9. The van der Waals surface area contributed by atoms with Crippen molar-refractivity contribution in [3.05, 3.63) is 45.8 Å². The predicted octanol–water partition coefficient (Wildman–Crippen LogP) is 1.80. The molecule has 1 aromatic heterocycles. The van der Waals surface area contributed by atoms with E-state index in [1.807, 2.05) is 0 Å². The molecular formula is C12H11N3O5. The Balaban J connectivity index is 2.63. The van der Waals surface area contributed by atoms with Crippen molar-refractivity contribution in [1.82, 2.24) is 9.78 Å². The molecule has 0 aliphatic heterocycles. The number of aromatic nitrogens is 2. The summed E-state index contributed by atoms with van der Waals surface area (Å²) < 4.78 is 6.43. The number of non-ortho nitro benzene ring substituents is 1. The zero-order valence-electron chi connectivity index (χ0n) is 10.7. The standard InChI is InChI=1S/C12H11N3O5/c1-7-5-9(12(16)17)13-14(7)10-6-8(15(18)19)3-4-11(10)20-2/h3-6H,1-2H3,(H,16,17). The third kappa shape index (κ3) is 2.30. The van der Waals surface area contributed by atoms with Gasteiger partial charge in [0, 0.05) is 17.8 Å². The highest BCUT2D eigenvalue weighted by atomic mass is 16.6. The molecule has 8 nitrogen and oxygen atoms in total. The van der Waals surface area contributed by atoms with Gasteiger partial charge in [-0.2, -0.15) is 5.10 Å². The van der Waals surface area contributed by atoms with Crippen LogP contribution < -0.4 is 4.74 Å². The summed E-state index contributed by atoms with van der Waals surface area (Å²) in [5.41, 5.74) is 0.566. The van der Waals surface area contributed by atoms with Gasteiger partial charge in [0.1, 0.15) is 11.4 Å². The molecule has 8 heteroatoms. The largest absolute Gasteiger partial charge is 0.494 e. The molecule has 1 aromatic carbocycles. The normalized spacial score (nSPS) is 10.3. The van der Waals surface area contributed by atoms with Crippen LogP contribution in [0.1, 0.15) is 16.2 Å². The van der Waals surface area contributed by atoms with Crippen molar-refractivity contribution in [1.29, 1.82) is 0 Å². The molecule has 0 amide bonds. The number of carbonyl (C=O) groups is 1. The van der Waals surface area contributed by atoms with Crippen LogP contribution in [0.2, 0.25) is 0 Å². The molecule has 0 bridgehead atoms. The van der Waals surface area contributed by atoms with Crippen LogP contribution in [0.5, 0.6) is 5.75 Å². The molecule has 0 aliphatic rings. The third-order valence-corrected chi connectivity index (χ3v) is 2.71. The van der Waals surface area contributed by atoms with Crippen LogP contribution in [-0.4, -0.2) is 32.9 Å². The van der Waals surface area contributed by atoms with E-state index in [0.29, 0.717) is 17.1 Å². The fourth-order valence-corrected chi connectivity index (χ4v) is 1.78. The number of hydrogen-bond acceptors (Lipinski definition) is 5. The average molecular weight is 277 g/mol. The number of carboxylic acid groups (broad SMARTS) is 1. The number of nitro benzene ring substituents is 1. The summed E-state index contributed by atoms with van der Waals surface area (Å²) in [4.78, 5) is 21.2. The molecule has 0 fully saturated rings. The number of benzene rings is 1. The monoisotopic (exact) mass is 277 g/mol. The number of carboxylic acids is 1. The lowest BCUT2D eigenvalue weighted by Gasteiger charge is -2.09. The lowest BCUT2D eigenvalue weighted by Crippen LogP contribution is -2.05. The van der Waals surface area contributed by atoms with E-state index in [9.17, 15) is 14.9 Å². The van der Waals surface area contributed by atoms with Gasteiger partial charge in [0.2, 0.25) is 0 Å². The van der Waals surface area contributed by atoms with Crippen molar-refractivity contribution in [2.75, 3.05) is 7.11 Å².